The van der Waals surface area contributed by atoms with Crippen LogP contribution in [0.1, 0.15) is 19.4 Å². The first-order valence-electron chi connectivity index (χ1n) is 7.37. The van der Waals surface area contributed by atoms with Crippen LogP contribution in [0.2, 0.25) is 0 Å². The number of hydrogen-bond acceptors (Lipinski definition) is 4. The fraction of sp³-hybridized carbons (Fsp3) is 0.278. The molecule has 0 unspecified atom stereocenters. The number of carbonyl (C=O) groups is 1. The van der Waals surface area contributed by atoms with E-state index in [-0.39, 0.29) is 12.7 Å². The summed E-state index contributed by atoms with van der Waals surface area (Å²) in [4.78, 5) is 12.8. The third-order valence-electron chi connectivity index (χ3n) is 3.98. The van der Waals surface area contributed by atoms with Gasteiger partial charge in [0.1, 0.15) is 5.75 Å². The van der Waals surface area contributed by atoms with E-state index in [0.29, 0.717) is 22.9 Å². The Labute approximate surface area is 135 Å². The van der Waals surface area contributed by atoms with Crippen LogP contribution in [0.15, 0.2) is 42.5 Å². The molecular weight excluding hydrogens is 294 g/mol. The van der Waals surface area contributed by atoms with E-state index >= 15 is 0 Å². The first-order valence-corrected chi connectivity index (χ1v) is 7.37. The van der Waals surface area contributed by atoms with Crippen molar-refractivity contribution in [2.45, 2.75) is 19.3 Å². The Morgan fingerprint density at radius 1 is 1.13 bits per heavy atom. The van der Waals surface area contributed by atoms with Crippen LogP contribution in [-0.4, -0.2) is 19.8 Å². The maximum Gasteiger partial charge on any atom is 0.234 e. The molecule has 0 aliphatic carbocycles. The Kier molecular flexibility index (Phi) is 3.86. The van der Waals surface area contributed by atoms with Crippen molar-refractivity contribution in [1.82, 2.24) is 0 Å². The van der Waals surface area contributed by atoms with Gasteiger partial charge in [0.25, 0.3) is 0 Å². The third-order valence-corrected chi connectivity index (χ3v) is 3.98. The minimum atomic E-state index is -0.747. The SMILES string of the molecule is COc1ccccc1C(C)(C)C(=O)Nc1ccc2c(c1)OCO2. The zero-order valence-electron chi connectivity index (χ0n) is 13.4. The van der Waals surface area contributed by atoms with Gasteiger partial charge < -0.3 is 19.5 Å². The number of methoxy groups -OCH3 is 1. The first-order chi connectivity index (χ1) is 11.0. The number of amides is 1. The van der Waals surface area contributed by atoms with Crippen LogP contribution in [0.4, 0.5) is 5.69 Å². The number of nitrogens with one attached hydrogen (secondary N) is 1. The van der Waals surface area contributed by atoms with Gasteiger partial charge in [-0.1, -0.05) is 18.2 Å². The quantitative estimate of drug-likeness (QED) is 0.940. The highest BCUT2D eigenvalue weighted by Gasteiger charge is 2.32. The fourth-order valence-corrected chi connectivity index (χ4v) is 2.54. The second-order valence-corrected chi connectivity index (χ2v) is 5.85. The molecule has 1 aliphatic heterocycles. The summed E-state index contributed by atoms with van der Waals surface area (Å²) >= 11 is 0. The van der Waals surface area contributed by atoms with Gasteiger partial charge in [-0.2, -0.15) is 0 Å². The molecule has 0 saturated heterocycles. The second kappa shape index (κ2) is 5.83. The number of ether oxygens (including phenoxy) is 3. The van der Waals surface area contributed by atoms with Gasteiger partial charge in [-0.25, -0.2) is 0 Å². The number of rotatable bonds is 4. The molecule has 1 heterocycles. The molecule has 5 heteroatoms. The Hall–Kier alpha value is -2.69. The van der Waals surface area contributed by atoms with Crippen LogP contribution in [-0.2, 0) is 10.2 Å². The van der Waals surface area contributed by atoms with Gasteiger partial charge in [-0.05, 0) is 32.0 Å². The summed E-state index contributed by atoms with van der Waals surface area (Å²) in [6.07, 6.45) is 0. The van der Waals surface area contributed by atoms with Crippen molar-refractivity contribution in [3.05, 3.63) is 48.0 Å². The molecule has 120 valence electrons. The van der Waals surface area contributed by atoms with E-state index < -0.39 is 5.41 Å². The highest BCUT2D eigenvalue weighted by molar-refractivity contribution is 5.99. The van der Waals surface area contributed by atoms with Crippen molar-refractivity contribution in [1.29, 1.82) is 0 Å². The van der Waals surface area contributed by atoms with E-state index in [0.717, 1.165) is 5.56 Å². The summed E-state index contributed by atoms with van der Waals surface area (Å²) in [5.74, 6) is 1.89. The number of anilines is 1. The molecule has 23 heavy (non-hydrogen) atoms. The van der Waals surface area contributed by atoms with Gasteiger partial charge >= 0.3 is 0 Å². The zero-order valence-corrected chi connectivity index (χ0v) is 13.4. The van der Waals surface area contributed by atoms with E-state index in [1.54, 1.807) is 25.3 Å². The highest BCUT2D eigenvalue weighted by Crippen LogP contribution is 2.36. The molecule has 1 N–H and O–H groups in total. The van der Waals surface area contributed by atoms with Gasteiger partial charge in [-0.15, -0.1) is 0 Å². The Morgan fingerprint density at radius 3 is 2.65 bits per heavy atom. The van der Waals surface area contributed by atoms with Gasteiger partial charge in [0.15, 0.2) is 11.5 Å². The van der Waals surface area contributed by atoms with Gasteiger partial charge in [0.2, 0.25) is 12.7 Å². The average Bonchev–Trinajstić information content (AvgIpc) is 3.02. The number of benzene rings is 2. The summed E-state index contributed by atoms with van der Waals surface area (Å²) in [6.45, 7) is 3.94. The van der Waals surface area contributed by atoms with Crippen LogP contribution >= 0.6 is 0 Å². The highest BCUT2D eigenvalue weighted by atomic mass is 16.7. The molecule has 0 aromatic heterocycles. The topological polar surface area (TPSA) is 56.8 Å². The van der Waals surface area contributed by atoms with E-state index in [1.807, 2.05) is 38.1 Å². The van der Waals surface area contributed by atoms with E-state index in [9.17, 15) is 4.79 Å². The molecule has 0 saturated carbocycles. The number of carbonyl (C=O) groups excluding carboxylic acids is 1. The molecule has 2 aromatic carbocycles. The minimum Gasteiger partial charge on any atom is -0.496 e. The maximum absolute atomic E-state index is 12.8. The molecule has 1 aliphatic rings. The smallest absolute Gasteiger partial charge is 0.234 e. The molecule has 0 radical (unpaired) electrons. The summed E-state index contributed by atoms with van der Waals surface area (Å²) in [5, 5.41) is 2.93. The van der Waals surface area contributed by atoms with Gasteiger partial charge in [0.05, 0.1) is 12.5 Å². The van der Waals surface area contributed by atoms with Crippen molar-refractivity contribution in [2.24, 2.45) is 0 Å². The van der Waals surface area contributed by atoms with Gasteiger partial charge in [-0.3, -0.25) is 4.79 Å². The van der Waals surface area contributed by atoms with Crippen molar-refractivity contribution in [3.63, 3.8) is 0 Å². The molecule has 1 amide bonds. The molecule has 3 rings (SSSR count). The lowest BCUT2D eigenvalue weighted by atomic mass is 9.83. The van der Waals surface area contributed by atoms with Crippen LogP contribution in [0.5, 0.6) is 17.2 Å². The third kappa shape index (κ3) is 2.82. The summed E-state index contributed by atoms with van der Waals surface area (Å²) < 4.78 is 16.0. The van der Waals surface area contributed by atoms with Crippen molar-refractivity contribution in [2.75, 3.05) is 19.2 Å². The summed E-state index contributed by atoms with van der Waals surface area (Å²) in [6, 6.07) is 12.9. The maximum atomic E-state index is 12.8. The largest absolute Gasteiger partial charge is 0.496 e. The first kappa shape index (κ1) is 15.2. The second-order valence-electron chi connectivity index (χ2n) is 5.85. The van der Waals surface area contributed by atoms with Crippen molar-refractivity contribution >= 4 is 11.6 Å². The molecule has 2 aromatic rings. The van der Waals surface area contributed by atoms with Crippen molar-refractivity contribution < 1.29 is 19.0 Å². The lowest BCUT2D eigenvalue weighted by Gasteiger charge is -2.26. The lowest BCUT2D eigenvalue weighted by molar-refractivity contribution is -0.120. The standard InChI is InChI=1S/C18H19NO4/c1-18(2,13-6-4-5-7-14(13)21-3)17(20)19-12-8-9-15-16(10-12)23-11-22-15/h4-10H,11H2,1-3H3,(H,19,20). The molecule has 0 bridgehead atoms. The van der Waals surface area contributed by atoms with E-state index in [4.69, 9.17) is 14.2 Å². The Bertz CT molecular complexity index is 740. The van der Waals surface area contributed by atoms with Gasteiger partial charge in [0, 0.05) is 17.3 Å². The Balaban J connectivity index is 1.84. The van der Waals surface area contributed by atoms with Crippen LogP contribution in [0, 0.1) is 0 Å². The molecular formula is C18H19NO4. The molecule has 0 spiro atoms. The normalized spacial score (nSPS) is 12.8. The van der Waals surface area contributed by atoms with Crippen LogP contribution in [0.3, 0.4) is 0 Å². The van der Waals surface area contributed by atoms with Crippen LogP contribution < -0.4 is 19.5 Å². The summed E-state index contributed by atoms with van der Waals surface area (Å²) in [5.41, 5.74) is 0.756. The summed E-state index contributed by atoms with van der Waals surface area (Å²) in [7, 11) is 1.60. The monoisotopic (exact) mass is 313 g/mol. The van der Waals surface area contributed by atoms with Crippen LogP contribution in [0.25, 0.3) is 0 Å². The predicted octanol–water partition coefficient (Wildman–Crippen LogP) is 3.34. The fourth-order valence-electron chi connectivity index (χ4n) is 2.54. The lowest BCUT2D eigenvalue weighted by Crippen LogP contribution is -2.35. The predicted molar refractivity (Wildman–Crippen MR) is 87.2 cm³/mol. The van der Waals surface area contributed by atoms with Crippen molar-refractivity contribution in [3.8, 4) is 17.2 Å². The number of para-hydroxylation sites is 1. The minimum absolute atomic E-state index is 0.124. The zero-order chi connectivity index (χ0) is 16.4. The Morgan fingerprint density at radius 2 is 1.87 bits per heavy atom. The molecule has 0 fully saturated rings. The van der Waals surface area contributed by atoms with E-state index in [1.165, 1.54) is 0 Å². The number of fused-ring (bicyclic) bond motifs is 1. The average molecular weight is 313 g/mol. The molecule has 0 atom stereocenters. The molecule has 5 nitrogen and oxygen atoms in total. The van der Waals surface area contributed by atoms with E-state index in [2.05, 4.69) is 5.32 Å². The number of hydrogen-bond donors (Lipinski definition) is 1.